The Morgan fingerprint density at radius 1 is 1.23 bits per heavy atom. The number of primary amides is 1. The number of benzene rings is 1. The summed E-state index contributed by atoms with van der Waals surface area (Å²) in [6.07, 6.45) is -2.07. The SMILES string of the molecule is CCCNc1c(C(N)=O)oc2ccc3nc(Oc4cc(Cl)nc(C(F)F)n4)ccc3c12. The number of ether oxygens (including phenoxy) is 1. The van der Waals surface area contributed by atoms with Gasteiger partial charge in [-0.25, -0.2) is 18.7 Å². The van der Waals surface area contributed by atoms with Crippen LogP contribution in [-0.2, 0) is 0 Å². The summed E-state index contributed by atoms with van der Waals surface area (Å²) < 4.78 is 37.0. The summed E-state index contributed by atoms with van der Waals surface area (Å²) in [7, 11) is 0. The standard InChI is InChI=1S/C20H16ClF2N5O3/c1-2-7-25-16-15-9-3-6-13(31-14-8-12(21)27-20(28-14)18(22)23)26-10(9)4-5-11(15)30-17(16)19(24)29/h3-6,8,18,25H,2,7H2,1H3,(H2,24,29). The van der Waals surface area contributed by atoms with Crippen molar-refractivity contribution in [3.63, 3.8) is 0 Å². The second-order valence-electron chi connectivity index (χ2n) is 6.54. The lowest BCUT2D eigenvalue weighted by atomic mass is 10.1. The van der Waals surface area contributed by atoms with Crippen molar-refractivity contribution in [1.29, 1.82) is 0 Å². The zero-order chi connectivity index (χ0) is 22.1. The van der Waals surface area contributed by atoms with Crippen LogP contribution >= 0.6 is 11.6 Å². The van der Waals surface area contributed by atoms with Crippen LogP contribution in [0.25, 0.3) is 21.9 Å². The molecule has 0 aliphatic carbocycles. The number of hydrogen-bond donors (Lipinski definition) is 2. The van der Waals surface area contributed by atoms with E-state index in [1.54, 1.807) is 24.3 Å². The van der Waals surface area contributed by atoms with Crippen molar-refractivity contribution in [2.24, 2.45) is 5.73 Å². The van der Waals surface area contributed by atoms with Crippen LogP contribution in [-0.4, -0.2) is 27.4 Å². The van der Waals surface area contributed by atoms with Gasteiger partial charge in [0.05, 0.1) is 16.6 Å². The average Bonchev–Trinajstić information content (AvgIpc) is 3.11. The summed E-state index contributed by atoms with van der Waals surface area (Å²) >= 11 is 5.77. The first-order valence-corrected chi connectivity index (χ1v) is 9.65. The Kier molecular flexibility index (Phi) is 5.55. The van der Waals surface area contributed by atoms with E-state index in [4.69, 9.17) is 26.5 Å². The Balaban J connectivity index is 1.78. The maximum atomic E-state index is 12.9. The molecule has 3 heterocycles. The minimum absolute atomic E-state index is 0.0337. The number of nitrogens with one attached hydrogen (secondary N) is 1. The van der Waals surface area contributed by atoms with Crippen molar-refractivity contribution in [3.8, 4) is 11.8 Å². The number of furan rings is 1. The minimum Gasteiger partial charge on any atom is -0.449 e. The number of nitrogens with zero attached hydrogens (tertiary/aromatic N) is 3. The van der Waals surface area contributed by atoms with E-state index >= 15 is 0 Å². The number of rotatable bonds is 7. The van der Waals surface area contributed by atoms with Crippen LogP contribution in [0.1, 0.15) is 36.1 Å². The molecule has 8 nitrogen and oxygen atoms in total. The molecule has 4 aromatic rings. The third kappa shape index (κ3) is 4.06. The number of anilines is 1. The van der Waals surface area contributed by atoms with Crippen molar-refractivity contribution < 1.29 is 22.7 Å². The summed E-state index contributed by atoms with van der Waals surface area (Å²) in [5.41, 5.74) is 6.96. The van der Waals surface area contributed by atoms with Gasteiger partial charge < -0.3 is 20.2 Å². The van der Waals surface area contributed by atoms with Gasteiger partial charge >= 0.3 is 0 Å². The van der Waals surface area contributed by atoms with Gasteiger partial charge in [0, 0.05) is 24.1 Å². The van der Waals surface area contributed by atoms with E-state index in [1.165, 1.54) is 6.07 Å². The number of fused-ring (bicyclic) bond motifs is 3. The summed E-state index contributed by atoms with van der Waals surface area (Å²) in [5, 5.41) is 4.35. The molecule has 0 radical (unpaired) electrons. The van der Waals surface area contributed by atoms with Crippen LogP contribution in [0.15, 0.2) is 34.7 Å². The van der Waals surface area contributed by atoms with E-state index in [2.05, 4.69) is 20.3 Å². The van der Waals surface area contributed by atoms with Gasteiger partial charge in [-0.1, -0.05) is 18.5 Å². The molecule has 11 heteroatoms. The van der Waals surface area contributed by atoms with E-state index in [9.17, 15) is 13.6 Å². The molecule has 4 rings (SSSR count). The van der Waals surface area contributed by atoms with Crippen molar-refractivity contribution >= 4 is 45.1 Å². The number of carbonyl (C=O) groups is 1. The normalized spacial score (nSPS) is 11.4. The largest absolute Gasteiger partial charge is 0.449 e. The third-order valence-electron chi connectivity index (χ3n) is 4.37. The quantitative estimate of drug-likeness (QED) is 0.379. The van der Waals surface area contributed by atoms with E-state index in [0.29, 0.717) is 34.1 Å². The second kappa shape index (κ2) is 8.31. The van der Waals surface area contributed by atoms with Crippen LogP contribution in [0.4, 0.5) is 14.5 Å². The molecule has 0 aliphatic rings. The molecule has 3 N–H and O–H groups in total. The number of pyridine rings is 1. The molecule has 0 fully saturated rings. The van der Waals surface area contributed by atoms with Crippen LogP contribution in [0.2, 0.25) is 5.15 Å². The summed E-state index contributed by atoms with van der Waals surface area (Å²) in [6.45, 7) is 2.60. The molecular weight excluding hydrogens is 432 g/mol. The number of carbonyl (C=O) groups excluding carboxylic acids is 1. The maximum Gasteiger partial charge on any atom is 0.297 e. The summed E-state index contributed by atoms with van der Waals surface area (Å²) in [6, 6.07) is 7.81. The van der Waals surface area contributed by atoms with Crippen LogP contribution in [0.3, 0.4) is 0 Å². The number of halogens is 3. The molecule has 31 heavy (non-hydrogen) atoms. The van der Waals surface area contributed by atoms with Crippen LogP contribution in [0.5, 0.6) is 11.8 Å². The topological polar surface area (TPSA) is 116 Å². The van der Waals surface area contributed by atoms with Crippen molar-refractivity contribution in [2.75, 3.05) is 11.9 Å². The lowest BCUT2D eigenvalue weighted by Crippen LogP contribution is -2.13. The fourth-order valence-electron chi connectivity index (χ4n) is 3.10. The number of amides is 1. The Bertz CT molecular complexity index is 1300. The van der Waals surface area contributed by atoms with E-state index in [1.807, 2.05) is 6.92 Å². The number of alkyl halides is 2. The van der Waals surface area contributed by atoms with Crippen molar-refractivity contribution in [2.45, 2.75) is 19.8 Å². The highest BCUT2D eigenvalue weighted by molar-refractivity contribution is 6.29. The smallest absolute Gasteiger partial charge is 0.297 e. The molecule has 0 aliphatic heterocycles. The Hall–Kier alpha value is -3.53. The molecule has 1 amide bonds. The van der Waals surface area contributed by atoms with Gasteiger partial charge in [0.1, 0.15) is 10.7 Å². The van der Waals surface area contributed by atoms with Gasteiger partial charge in [0.25, 0.3) is 12.3 Å². The second-order valence-corrected chi connectivity index (χ2v) is 6.93. The number of nitrogens with two attached hydrogens (primary N) is 1. The molecular formula is C20H16ClF2N5O3. The van der Waals surface area contributed by atoms with Gasteiger partial charge in [0.2, 0.25) is 23.3 Å². The molecule has 0 unspecified atom stereocenters. The van der Waals surface area contributed by atoms with E-state index < -0.39 is 18.2 Å². The van der Waals surface area contributed by atoms with Gasteiger partial charge in [-0.05, 0) is 24.6 Å². The predicted octanol–water partition coefficient (Wildman–Crippen LogP) is 5.08. The van der Waals surface area contributed by atoms with Crippen LogP contribution < -0.4 is 15.8 Å². The molecule has 3 aromatic heterocycles. The average molecular weight is 448 g/mol. The highest BCUT2D eigenvalue weighted by Gasteiger charge is 2.21. The van der Waals surface area contributed by atoms with Gasteiger partial charge in [-0.3, -0.25) is 4.79 Å². The first kappa shape index (κ1) is 20.7. The highest BCUT2D eigenvalue weighted by atomic mass is 35.5. The highest BCUT2D eigenvalue weighted by Crippen LogP contribution is 2.37. The fraction of sp³-hybridized carbons (Fsp3) is 0.200. The third-order valence-corrected chi connectivity index (χ3v) is 4.56. The fourth-order valence-corrected chi connectivity index (χ4v) is 3.28. The molecule has 0 saturated carbocycles. The first-order chi connectivity index (χ1) is 14.9. The number of hydrogen-bond acceptors (Lipinski definition) is 7. The van der Waals surface area contributed by atoms with E-state index in [0.717, 1.165) is 6.42 Å². The van der Waals surface area contributed by atoms with Gasteiger partial charge in [-0.15, -0.1) is 0 Å². The molecule has 0 bridgehead atoms. The Morgan fingerprint density at radius 2 is 2.03 bits per heavy atom. The predicted molar refractivity (Wildman–Crippen MR) is 111 cm³/mol. The minimum atomic E-state index is -2.89. The zero-order valence-corrected chi connectivity index (χ0v) is 16.9. The lowest BCUT2D eigenvalue weighted by Gasteiger charge is -2.08. The van der Waals surface area contributed by atoms with Gasteiger partial charge in [0.15, 0.2) is 0 Å². The lowest BCUT2D eigenvalue weighted by molar-refractivity contribution is 0.0977. The maximum absolute atomic E-state index is 12.9. The molecule has 160 valence electrons. The van der Waals surface area contributed by atoms with E-state index in [-0.39, 0.29) is 22.7 Å². The van der Waals surface area contributed by atoms with Crippen molar-refractivity contribution in [1.82, 2.24) is 15.0 Å². The number of aromatic nitrogens is 3. The summed E-state index contributed by atoms with van der Waals surface area (Å²) in [4.78, 5) is 23.3. The summed E-state index contributed by atoms with van der Waals surface area (Å²) in [5.74, 6) is -1.44. The molecule has 0 atom stereocenters. The molecule has 0 spiro atoms. The van der Waals surface area contributed by atoms with Crippen LogP contribution in [0, 0.1) is 0 Å². The van der Waals surface area contributed by atoms with Gasteiger partial charge in [-0.2, -0.15) is 4.98 Å². The zero-order valence-electron chi connectivity index (χ0n) is 16.2. The Labute approximate surface area is 179 Å². The van der Waals surface area contributed by atoms with Crippen molar-refractivity contribution in [3.05, 3.63) is 47.1 Å². The molecule has 0 saturated heterocycles. The Morgan fingerprint density at radius 3 is 2.74 bits per heavy atom. The monoisotopic (exact) mass is 447 g/mol. The first-order valence-electron chi connectivity index (χ1n) is 9.27. The molecule has 1 aromatic carbocycles.